The first kappa shape index (κ1) is 7.27. The third-order valence-corrected chi connectivity index (χ3v) is 2.67. The molecule has 0 saturated carbocycles. The molecule has 1 fully saturated rings. The van der Waals surface area contributed by atoms with Crippen molar-refractivity contribution >= 4 is 28.8 Å². The minimum Gasteiger partial charge on any atom is -0.368 e. The number of halogens is 1. The van der Waals surface area contributed by atoms with E-state index in [0.29, 0.717) is 0 Å². The number of nitrogens with two attached hydrogens (primary N) is 1. The fourth-order valence-electron chi connectivity index (χ4n) is 1.01. The van der Waals surface area contributed by atoms with Crippen molar-refractivity contribution in [3.8, 4) is 0 Å². The molecule has 4 heteroatoms. The Balaban J connectivity index is 2.49. The Kier molecular flexibility index (Phi) is 2.29. The lowest BCUT2D eigenvalue weighted by molar-refractivity contribution is -0.120. The minimum atomic E-state index is -0.193. The number of carbonyl (C=O) groups excluding carboxylic acids is 1. The largest absolute Gasteiger partial charge is 0.368 e. The average Bonchev–Trinajstić information content (AvgIpc) is 2.13. The van der Waals surface area contributed by atoms with Gasteiger partial charge in [0.1, 0.15) is 0 Å². The molecule has 1 heterocycles. The van der Waals surface area contributed by atoms with Gasteiger partial charge in [0.25, 0.3) is 0 Å². The molecule has 0 radical (unpaired) electrons. The summed E-state index contributed by atoms with van der Waals surface area (Å²) in [4.78, 5) is 10.6. The van der Waals surface area contributed by atoms with Crippen LogP contribution >= 0.6 is 22.9 Å². The fourth-order valence-corrected chi connectivity index (χ4v) is 1.91. The lowest BCUT2D eigenvalue weighted by Gasteiger charge is -2.11. The van der Waals surface area contributed by atoms with Gasteiger partial charge < -0.3 is 5.73 Å². The Bertz CT molecular complexity index is 128. The smallest absolute Gasteiger partial charge is 0.235 e. The van der Waals surface area contributed by atoms with Gasteiger partial charge in [-0.05, 0) is 12.8 Å². The molecule has 0 aromatic heterocycles. The van der Waals surface area contributed by atoms with Crippen LogP contribution in [0.1, 0.15) is 12.8 Å². The second-order valence-corrected chi connectivity index (χ2v) is 3.42. The number of hydrogen-bond acceptors (Lipinski definition) is 2. The highest BCUT2D eigenvalue weighted by Crippen LogP contribution is 2.20. The number of nitrogens with zero attached hydrogens (tertiary/aromatic N) is 1. The SMILES string of the molecule is NC(=O)[C@H]1CCCN1I. The van der Waals surface area contributed by atoms with Crippen LogP contribution in [0.25, 0.3) is 0 Å². The van der Waals surface area contributed by atoms with Crippen LogP contribution in [0, 0.1) is 0 Å². The maximum atomic E-state index is 10.6. The van der Waals surface area contributed by atoms with Crippen molar-refractivity contribution in [3.05, 3.63) is 0 Å². The second-order valence-electron chi connectivity index (χ2n) is 2.18. The monoisotopic (exact) mass is 240 g/mol. The molecule has 0 unspecified atom stereocenters. The molecule has 0 aliphatic carbocycles. The summed E-state index contributed by atoms with van der Waals surface area (Å²) < 4.78 is 1.97. The van der Waals surface area contributed by atoms with E-state index < -0.39 is 0 Å². The topological polar surface area (TPSA) is 46.3 Å². The summed E-state index contributed by atoms with van der Waals surface area (Å²) in [7, 11) is 0. The zero-order valence-electron chi connectivity index (χ0n) is 5.01. The van der Waals surface area contributed by atoms with Crippen LogP contribution in [0.4, 0.5) is 0 Å². The first-order valence-electron chi connectivity index (χ1n) is 2.93. The number of rotatable bonds is 1. The third kappa shape index (κ3) is 1.54. The summed E-state index contributed by atoms with van der Waals surface area (Å²) >= 11 is 2.14. The third-order valence-electron chi connectivity index (χ3n) is 1.52. The Hall–Kier alpha value is 0.160. The molecular formula is C5H9IN2O. The zero-order valence-corrected chi connectivity index (χ0v) is 7.17. The molecule has 0 spiro atoms. The standard InChI is InChI=1S/C5H9IN2O/c6-8-3-1-2-4(8)5(7)9/h4H,1-3H2,(H2,7,9)/t4-/m1/s1. The summed E-state index contributed by atoms with van der Waals surface area (Å²) in [5.74, 6) is -0.193. The predicted octanol–water partition coefficient (Wildman–Crippen LogP) is 0.286. The molecule has 0 aromatic rings. The molecular weight excluding hydrogens is 231 g/mol. The van der Waals surface area contributed by atoms with E-state index in [1.807, 2.05) is 3.11 Å². The first-order chi connectivity index (χ1) is 4.22. The van der Waals surface area contributed by atoms with Gasteiger partial charge in [0.05, 0.1) is 6.04 Å². The van der Waals surface area contributed by atoms with Crippen molar-refractivity contribution in [2.75, 3.05) is 6.54 Å². The lowest BCUT2D eigenvalue weighted by atomic mass is 10.2. The molecule has 1 amide bonds. The van der Waals surface area contributed by atoms with Gasteiger partial charge in [0, 0.05) is 29.4 Å². The van der Waals surface area contributed by atoms with Gasteiger partial charge in [-0.15, -0.1) is 0 Å². The quantitative estimate of drug-likeness (QED) is 0.528. The van der Waals surface area contributed by atoms with Crippen LogP contribution < -0.4 is 5.73 Å². The van der Waals surface area contributed by atoms with E-state index in [4.69, 9.17) is 5.73 Å². The molecule has 1 saturated heterocycles. The van der Waals surface area contributed by atoms with Crippen LogP contribution in [0.3, 0.4) is 0 Å². The Morgan fingerprint density at radius 2 is 2.44 bits per heavy atom. The number of carbonyl (C=O) groups is 1. The number of hydrogen-bond donors (Lipinski definition) is 1. The molecule has 1 aliphatic rings. The summed E-state index contributed by atoms with van der Waals surface area (Å²) in [6.45, 7) is 0.994. The highest BCUT2D eigenvalue weighted by molar-refractivity contribution is 14.1. The van der Waals surface area contributed by atoms with Crippen molar-refractivity contribution in [1.29, 1.82) is 0 Å². The van der Waals surface area contributed by atoms with Gasteiger partial charge in [-0.3, -0.25) is 4.79 Å². The van der Waals surface area contributed by atoms with E-state index in [0.717, 1.165) is 19.4 Å². The van der Waals surface area contributed by atoms with Gasteiger partial charge in [-0.25, -0.2) is 3.11 Å². The van der Waals surface area contributed by atoms with Gasteiger partial charge in [-0.2, -0.15) is 0 Å². The Morgan fingerprint density at radius 1 is 1.78 bits per heavy atom. The van der Waals surface area contributed by atoms with E-state index in [9.17, 15) is 4.79 Å². The molecule has 2 N–H and O–H groups in total. The molecule has 0 aromatic carbocycles. The van der Waals surface area contributed by atoms with Crippen LogP contribution in [0.15, 0.2) is 0 Å². The van der Waals surface area contributed by atoms with Crippen LogP contribution in [0.2, 0.25) is 0 Å². The summed E-state index contributed by atoms with van der Waals surface area (Å²) in [5.41, 5.74) is 5.10. The van der Waals surface area contributed by atoms with Crippen LogP contribution in [0.5, 0.6) is 0 Å². The Labute approximate surface area is 68.1 Å². The summed E-state index contributed by atoms with van der Waals surface area (Å²) in [6, 6.07) is -0.00870. The lowest BCUT2D eigenvalue weighted by Crippen LogP contribution is -2.34. The maximum absolute atomic E-state index is 10.6. The highest BCUT2D eigenvalue weighted by atomic mass is 127. The number of primary amides is 1. The van der Waals surface area contributed by atoms with E-state index in [-0.39, 0.29) is 11.9 Å². The maximum Gasteiger partial charge on any atom is 0.235 e. The summed E-state index contributed by atoms with van der Waals surface area (Å²) in [6.07, 6.45) is 2.02. The fraction of sp³-hybridized carbons (Fsp3) is 0.800. The zero-order chi connectivity index (χ0) is 6.85. The van der Waals surface area contributed by atoms with Crippen molar-refractivity contribution in [2.45, 2.75) is 18.9 Å². The Morgan fingerprint density at radius 3 is 2.67 bits per heavy atom. The van der Waals surface area contributed by atoms with E-state index in [2.05, 4.69) is 22.9 Å². The highest BCUT2D eigenvalue weighted by Gasteiger charge is 2.26. The van der Waals surface area contributed by atoms with Crippen molar-refractivity contribution in [2.24, 2.45) is 5.73 Å². The van der Waals surface area contributed by atoms with Crippen molar-refractivity contribution in [1.82, 2.24) is 3.11 Å². The normalized spacial score (nSPS) is 28.8. The van der Waals surface area contributed by atoms with Gasteiger partial charge in [-0.1, -0.05) is 0 Å². The van der Waals surface area contributed by atoms with Crippen LogP contribution in [-0.4, -0.2) is 21.6 Å². The molecule has 1 atom stereocenters. The molecule has 9 heavy (non-hydrogen) atoms. The van der Waals surface area contributed by atoms with Crippen LogP contribution in [-0.2, 0) is 4.79 Å². The molecule has 1 rings (SSSR count). The minimum absolute atomic E-state index is 0.00870. The molecule has 52 valence electrons. The molecule has 0 bridgehead atoms. The first-order valence-corrected chi connectivity index (χ1v) is 3.90. The van der Waals surface area contributed by atoms with Gasteiger partial charge in [0.15, 0.2) is 0 Å². The second kappa shape index (κ2) is 2.83. The van der Waals surface area contributed by atoms with E-state index >= 15 is 0 Å². The van der Waals surface area contributed by atoms with Gasteiger partial charge in [0.2, 0.25) is 5.91 Å². The van der Waals surface area contributed by atoms with Crippen molar-refractivity contribution in [3.63, 3.8) is 0 Å². The van der Waals surface area contributed by atoms with Gasteiger partial charge >= 0.3 is 0 Å². The van der Waals surface area contributed by atoms with Crippen molar-refractivity contribution < 1.29 is 4.79 Å². The number of amides is 1. The molecule has 3 nitrogen and oxygen atoms in total. The van der Waals surface area contributed by atoms with E-state index in [1.54, 1.807) is 0 Å². The van der Waals surface area contributed by atoms with E-state index in [1.165, 1.54) is 0 Å². The predicted molar refractivity (Wildman–Crippen MR) is 42.9 cm³/mol. The summed E-state index contributed by atoms with van der Waals surface area (Å²) in [5, 5.41) is 0. The average molecular weight is 240 g/mol. The molecule has 1 aliphatic heterocycles.